The molecule has 0 fully saturated rings. The lowest BCUT2D eigenvalue weighted by molar-refractivity contribution is 0.0950. The topological polar surface area (TPSA) is 47.6 Å². The average molecular weight is 489 g/mol. The summed E-state index contributed by atoms with van der Waals surface area (Å²) in [6.45, 7) is 5.57. The molecule has 0 aliphatic carbocycles. The highest BCUT2D eigenvalue weighted by Crippen LogP contribution is 2.34. The molecule has 0 aromatic heterocycles. The minimum atomic E-state index is -0.131. The summed E-state index contributed by atoms with van der Waals surface area (Å²) < 4.78 is 12.4. The van der Waals surface area contributed by atoms with Gasteiger partial charge in [-0.05, 0) is 64.4 Å². The molecule has 0 bridgehead atoms. The van der Waals surface area contributed by atoms with Gasteiger partial charge in [0.15, 0.2) is 11.5 Å². The Morgan fingerprint density at radius 3 is 2.61 bits per heavy atom. The molecule has 3 aromatic carbocycles. The molecular formula is C23H24INO3. The molecule has 3 aromatic rings. The molecule has 146 valence electrons. The van der Waals surface area contributed by atoms with Crippen LogP contribution in [0.4, 0.5) is 0 Å². The van der Waals surface area contributed by atoms with Gasteiger partial charge in [0.25, 0.3) is 5.91 Å². The molecule has 28 heavy (non-hydrogen) atoms. The number of amides is 1. The maximum atomic E-state index is 12.8. The van der Waals surface area contributed by atoms with Crippen molar-refractivity contribution in [2.45, 2.75) is 26.8 Å². The molecule has 0 saturated carbocycles. The lowest BCUT2D eigenvalue weighted by Gasteiger charge is -2.15. The average Bonchev–Trinajstić information content (AvgIpc) is 2.71. The predicted molar refractivity (Wildman–Crippen MR) is 121 cm³/mol. The third kappa shape index (κ3) is 4.76. The molecule has 1 amide bonds. The second kappa shape index (κ2) is 9.78. The number of rotatable bonds is 8. The van der Waals surface area contributed by atoms with Crippen molar-refractivity contribution in [2.24, 2.45) is 0 Å². The summed E-state index contributed by atoms with van der Waals surface area (Å²) in [6.07, 6.45) is 0.912. The summed E-state index contributed by atoms with van der Waals surface area (Å²) in [5, 5.41) is 5.35. The highest BCUT2D eigenvalue weighted by Gasteiger charge is 2.16. The zero-order valence-corrected chi connectivity index (χ0v) is 18.3. The first-order chi connectivity index (χ1) is 13.6. The first-order valence-electron chi connectivity index (χ1n) is 9.48. The summed E-state index contributed by atoms with van der Waals surface area (Å²) in [5.41, 5.74) is 1.66. The van der Waals surface area contributed by atoms with Gasteiger partial charge in [-0.25, -0.2) is 0 Å². The molecule has 0 aliphatic rings. The van der Waals surface area contributed by atoms with Crippen molar-refractivity contribution in [1.82, 2.24) is 5.32 Å². The molecule has 0 heterocycles. The SMILES string of the molecule is CCCOc1c(I)cc(C(=O)NCc2cccc3ccccc23)cc1OCC. The molecule has 0 unspecified atom stereocenters. The van der Waals surface area contributed by atoms with Crippen LogP contribution in [0, 0.1) is 3.57 Å². The van der Waals surface area contributed by atoms with Crippen LogP contribution in [0.25, 0.3) is 10.8 Å². The van der Waals surface area contributed by atoms with E-state index in [9.17, 15) is 4.79 Å². The van der Waals surface area contributed by atoms with Gasteiger partial charge in [0, 0.05) is 12.1 Å². The lowest BCUT2D eigenvalue weighted by Crippen LogP contribution is -2.23. The van der Waals surface area contributed by atoms with Gasteiger partial charge in [-0.2, -0.15) is 0 Å². The largest absolute Gasteiger partial charge is 0.490 e. The number of hydrogen-bond donors (Lipinski definition) is 1. The number of carbonyl (C=O) groups is 1. The number of fused-ring (bicyclic) bond motifs is 1. The summed E-state index contributed by atoms with van der Waals surface area (Å²) in [5.74, 6) is 1.18. The van der Waals surface area contributed by atoms with Crippen molar-refractivity contribution in [1.29, 1.82) is 0 Å². The molecule has 1 N–H and O–H groups in total. The lowest BCUT2D eigenvalue weighted by atomic mass is 10.0. The van der Waals surface area contributed by atoms with Crippen LogP contribution in [0.15, 0.2) is 54.6 Å². The van der Waals surface area contributed by atoms with Gasteiger partial charge in [-0.15, -0.1) is 0 Å². The van der Waals surface area contributed by atoms with Gasteiger partial charge in [-0.1, -0.05) is 49.4 Å². The summed E-state index contributed by atoms with van der Waals surface area (Å²) in [4.78, 5) is 12.8. The molecule has 0 atom stereocenters. The fourth-order valence-corrected chi connectivity index (χ4v) is 3.79. The quantitative estimate of drug-likeness (QED) is 0.422. The highest BCUT2D eigenvalue weighted by atomic mass is 127. The minimum Gasteiger partial charge on any atom is -0.490 e. The van der Waals surface area contributed by atoms with Crippen LogP contribution in [0.3, 0.4) is 0 Å². The summed E-state index contributed by atoms with van der Waals surface area (Å²) >= 11 is 2.19. The fraction of sp³-hybridized carbons (Fsp3) is 0.261. The number of halogens is 1. The van der Waals surface area contributed by atoms with E-state index in [1.807, 2.05) is 37.3 Å². The Kier molecular flexibility index (Phi) is 7.14. The Morgan fingerprint density at radius 2 is 1.82 bits per heavy atom. The van der Waals surface area contributed by atoms with E-state index in [0.717, 1.165) is 20.9 Å². The zero-order chi connectivity index (χ0) is 19.9. The van der Waals surface area contributed by atoms with Crippen molar-refractivity contribution in [2.75, 3.05) is 13.2 Å². The molecule has 0 radical (unpaired) electrons. The predicted octanol–water partition coefficient (Wildman–Crippen LogP) is 5.56. The van der Waals surface area contributed by atoms with E-state index in [0.29, 0.717) is 36.8 Å². The summed E-state index contributed by atoms with van der Waals surface area (Å²) in [6, 6.07) is 17.9. The van der Waals surface area contributed by atoms with Crippen molar-refractivity contribution in [3.05, 3.63) is 69.3 Å². The number of carbonyl (C=O) groups excluding carboxylic acids is 1. The van der Waals surface area contributed by atoms with Crippen LogP contribution >= 0.6 is 22.6 Å². The first kappa shape index (κ1) is 20.5. The van der Waals surface area contributed by atoms with Gasteiger partial charge >= 0.3 is 0 Å². The Hall–Kier alpha value is -2.28. The number of nitrogens with one attached hydrogen (secondary N) is 1. The number of hydrogen-bond acceptors (Lipinski definition) is 3. The van der Waals surface area contributed by atoms with E-state index >= 15 is 0 Å². The van der Waals surface area contributed by atoms with E-state index in [1.54, 1.807) is 6.07 Å². The minimum absolute atomic E-state index is 0.131. The monoisotopic (exact) mass is 489 g/mol. The molecule has 3 rings (SSSR count). The molecule has 0 saturated heterocycles. The van der Waals surface area contributed by atoms with E-state index in [2.05, 4.69) is 53.0 Å². The van der Waals surface area contributed by atoms with Crippen LogP contribution in [-0.4, -0.2) is 19.1 Å². The van der Waals surface area contributed by atoms with Crippen molar-refractivity contribution >= 4 is 39.3 Å². The van der Waals surface area contributed by atoms with Crippen molar-refractivity contribution in [3.63, 3.8) is 0 Å². The standard InChI is InChI=1S/C23H24INO3/c1-3-12-28-22-20(24)13-18(14-21(22)27-4-2)23(26)25-15-17-10-7-9-16-8-5-6-11-19(16)17/h5-11,13-14H,3-4,12,15H2,1-2H3,(H,25,26). The highest BCUT2D eigenvalue weighted by molar-refractivity contribution is 14.1. The van der Waals surface area contributed by atoms with E-state index in [-0.39, 0.29) is 5.91 Å². The molecule has 4 nitrogen and oxygen atoms in total. The molecule has 5 heteroatoms. The van der Waals surface area contributed by atoms with Crippen molar-refractivity contribution in [3.8, 4) is 11.5 Å². The Balaban J connectivity index is 1.80. The van der Waals surface area contributed by atoms with Crippen LogP contribution < -0.4 is 14.8 Å². The second-order valence-corrected chi connectivity index (χ2v) is 7.55. The van der Waals surface area contributed by atoms with Gasteiger partial charge in [0.1, 0.15) is 0 Å². The van der Waals surface area contributed by atoms with Gasteiger partial charge in [0.05, 0.1) is 16.8 Å². The molecule has 0 aliphatic heterocycles. The maximum absolute atomic E-state index is 12.8. The third-order valence-electron chi connectivity index (χ3n) is 4.34. The van der Waals surface area contributed by atoms with Crippen LogP contribution in [0.5, 0.6) is 11.5 Å². The van der Waals surface area contributed by atoms with Gasteiger partial charge in [-0.3, -0.25) is 4.79 Å². The zero-order valence-electron chi connectivity index (χ0n) is 16.1. The van der Waals surface area contributed by atoms with Gasteiger partial charge < -0.3 is 14.8 Å². The van der Waals surface area contributed by atoms with Crippen LogP contribution in [0.2, 0.25) is 0 Å². The van der Waals surface area contributed by atoms with Crippen LogP contribution in [-0.2, 0) is 6.54 Å². The van der Waals surface area contributed by atoms with Crippen LogP contribution in [0.1, 0.15) is 36.2 Å². The summed E-state index contributed by atoms with van der Waals surface area (Å²) in [7, 11) is 0. The Bertz CT molecular complexity index is 966. The first-order valence-corrected chi connectivity index (χ1v) is 10.6. The van der Waals surface area contributed by atoms with E-state index in [4.69, 9.17) is 9.47 Å². The smallest absolute Gasteiger partial charge is 0.251 e. The maximum Gasteiger partial charge on any atom is 0.251 e. The molecular weight excluding hydrogens is 465 g/mol. The Labute approximate surface area is 179 Å². The molecule has 0 spiro atoms. The fourth-order valence-electron chi connectivity index (χ4n) is 3.03. The van der Waals surface area contributed by atoms with E-state index in [1.165, 1.54) is 5.39 Å². The van der Waals surface area contributed by atoms with Crippen molar-refractivity contribution < 1.29 is 14.3 Å². The number of benzene rings is 3. The third-order valence-corrected chi connectivity index (χ3v) is 5.14. The Morgan fingerprint density at radius 1 is 1.04 bits per heavy atom. The van der Waals surface area contributed by atoms with Gasteiger partial charge in [0.2, 0.25) is 0 Å². The second-order valence-electron chi connectivity index (χ2n) is 6.39. The van der Waals surface area contributed by atoms with E-state index < -0.39 is 0 Å². The number of ether oxygens (including phenoxy) is 2. The normalized spacial score (nSPS) is 10.7.